The molecule has 0 aromatic rings. The minimum Gasteiger partial charge on any atom is -0.375 e. The van der Waals surface area contributed by atoms with Crippen molar-refractivity contribution in [1.29, 1.82) is 0 Å². The third-order valence-corrected chi connectivity index (χ3v) is 5.89. The number of hydrogen-bond acceptors (Lipinski definition) is 3. The summed E-state index contributed by atoms with van der Waals surface area (Å²) in [5, 5.41) is 3.68. The van der Waals surface area contributed by atoms with E-state index in [2.05, 4.69) is 10.2 Å². The molecule has 0 radical (unpaired) electrons. The molecule has 1 unspecified atom stereocenters. The molecule has 4 rings (SSSR count). The summed E-state index contributed by atoms with van der Waals surface area (Å²) in [6, 6.07) is 1.61. The molecule has 1 aliphatic carbocycles. The van der Waals surface area contributed by atoms with Crippen molar-refractivity contribution in [2.45, 2.75) is 62.6 Å². The summed E-state index contributed by atoms with van der Waals surface area (Å²) in [5.41, 5.74) is 0.286. The van der Waals surface area contributed by atoms with Crippen molar-refractivity contribution >= 4 is 0 Å². The fraction of sp³-hybridized carbons (Fsp3) is 1.00. The molecular formula is C15H26N2O. The monoisotopic (exact) mass is 250 g/mol. The van der Waals surface area contributed by atoms with Crippen molar-refractivity contribution in [2.24, 2.45) is 5.92 Å². The lowest BCUT2D eigenvalue weighted by Gasteiger charge is -2.42. The Labute approximate surface area is 110 Å². The normalized spacial score (nSPS) is 43.7. The largest absolute Gasteiger partial charge is 0.375 e. The van der Waals surface area contributed by atoms with E-state index in [-0.39, 0.29) is 5.60 Å². The van der Waals surface area contributed by atoms with Crippen LogP contribution in [0.2, 0.25) is 0 Å². The van der Waals surface area contributed by atoms with Gasteiger partial charge in [0.15, 0.2) is 0 Å². The Morgan fingerprint density at radius 3 is 2.83 bits per heavy atom. The number of nitrogens with zero attached hydrogens (tertiary/aromatic N) is 1. The lowest BCUT2D eigenvalue weighted by molar-refractivity contribution is -0.0997. The van der Waals surface area contributed by atoms with Gasteiger partial charge >= 0.3 is 0 Å². The average molecular weight is 250 g/mol. The number of hydrogen-bond donors (Lipinski definition) is 1. The maximum atomic E-state index is 6.17. The first-order valence-electron chi connectivity index (χ1n) is 7.96. The SMILES string of the molecule is C1CCC2(C1)CC(N1C[C@@H]3CCN[C@@H]3C1)CCO2. The molecule has 1 spiro atoms. The number of nitrogens with one attached hydrogen (secondary N) is 1. The van der Waals surface area contributed by atoms with Crippen molar-refractivity contribution in [3.05, 3.63) is 0 Å². The Kier molecular flexibility index (Phi) is 2.90. The topological polar surface area (TPSA) is 24.5 Å². The van der Waals surface area contributed by atoms with Crippen LogP contribution >= 0.6 is 0 Å². The molecule has 0 amide bonds. The van der Waals surface area contributed by atoms with Gasteiger partial charge < -0.3 is 10.1 Å². The van der Waals surface area contributed by atoms with Crippen LogP contribution in [-0.4, -0.2) is 48.8 Å². The Balaban J connectivity index is 1.42. The van der Waals surface area contributed by atoms with Crippen molar-refractivity contribution < 1.29 is 4.74 Å². The van der Waals surface area contributed by atoms with Crippen molar-refractivity contribution in [1.82, 2.24) is 10.2 Å². The molecule has 3 heteroatoms. The van der Waals surface area contributed by atoms with Gasteiger partial charge in [-0.1, -0.05) is 12.8 Å². The summed E-state index contributed by atoms with van der Waals surface area (Å²) >= 11 is 0. The van der Waals surface area contributed by atoms with Gasteiger partial charge in [0.25, 0.3) is 0 Å². The zero-order chi connectivity index (χ0) is 12.0. The van der Waals surface area contributed by atoms with E-state index in [9.17, 15) is 0 Å². The van der Waals surface area contributed by atoms with E-state index in [1.807, 2.05) is 0 Å². The minimum atomic E-state index is 0.286. The number of ether oxygens (including phenoxy) is 1. The Morgan fingerprint density at radius 2 is 2.00 bits per heavy atom. The molecule has 3 aliphatic heterocycles. The minimum absolute atomic E-state index is 0.286. The van der Waals surface area contributed by atoms with Crippen molar-refractivity contribution in [3.63, 3.8) is 0 Å². The van der Waals surface area contributed by atoms with Crippen LogP contribution in [0.5, 0.6) is 0 Å². The zero-order valence-corrected chi connectivity index (χ0v) is 11.4. The second-order valence-electron chi connectivity index (χ2n) is 6.95. The molecule has 3 saturated heterocycles. The molecule has 4 fully saturated rings. The summed E-state index contributed by atoms with van der Waals surface area (Å²) < 4.78 is 6.17. The van der Waals surface area contributed by atoms with Gasteiger partial charge in [-0.3, -0.25) is 4.90 Å². The van der Waals surface area contributed by atoms with Gasteiger partial charge in [-0.25, -0.2) is 0 Å². The summed E-state index contributed by atoms with van der Waals surface area (Å²) in [5.74, 6) is 0.937. The maximum Gasteiger partial charge on any atom is 0.0697 e. The fourth-order valence-electron chi connectivity index (χ4n) is 4.86. The second-order valence-corrected chi connectivity index (χ2v) is 6.95. The third-order valence-electron chi connectivity index (χ3n) is 5.89. The second kappa shape index (κ2) is 4.46. The first-order chi connectivity index (χ1) is 8.85. The standard InChI is InChI=1S/C15H26N2O/c1-2-6-15(5-1)9-13(4-8-18-15)17-10-12-3-7-16-14(12)11-17/h12-14,16H,1-11H2/t12-,13?,14+/m0/s1. The molecule has 0 bridgehead atoms. The van der Waals surface area contributed by atoms with Crippen LogP contribution < -0.4 is 5.32 Å². The van der Waals surface area contributed by atoms with Crippen molar-refractivity contribution in [3.8, 4) is 0 Å². The summed E-state index contributed by atoms with van der Waals surface area (Å²) in [6.45, 7) is 4.90. The van der Waals surface area contributed by atoms with Gasteiger partial charge in [-0.05, 0) is 44.6 Å². The van der Waals surface area contributed by atoms with Gasteiger partial charge in [0.05, 0.1) is 5.60 Å². The van der Waals surface area contributed by atoms with Crippen molar-refractivity contribution in [2.75, 3.05) is 26.2 Å². The van der Waals surface area contributed by atoms with E-state index in [0.29, 0.717) is 0 Å². The Bertz CT molecular complexity index is 302. The van der Waals surface area contributed by atoms with Crippen LogP contribution in [0.4, 0.5) is 0 Å². The van der Waals surface area contributed by atoms with E-state index in [0.717, 1.165) is 24.6 Å². The number of rotatable bonds is 1. The molecule has 0 aromatic carbocycles. The highest BCUT2D eigenvalue weighted by atomic mass is 16.5. The van der Waals surface area contributed by atoms with Crippen LogP contribution in [0.25, 0.3) is 0 Å². The first kappa shape index (κ1) is 11.7. The van der Waals surface area contributed by atoms with Gasteiger partial charge in [-0.15, -0.1) is 0 Å². The molecule has 1 N–H and O–H groups in total. The highest BCUT2D eigenvalue weighted by Crippen LogP contribution is 2.42. The van der Waals surface area contributed by atoms with Gasteiger partial charge in [0.1, 0.15) is 0 Å². The van der Waals surface area contributed by atoms with Crippen LogP contribution in [-0.2, 0) is 4.74 Å². The van der Waals surface area contributed by atoms with E-state index in [1.165, 1.54) is 64.6 Å². The molecule has 18 heavy (non-hydrogen) atoms. The predicted octanol–water partition coefficient (Wildman–Crippen LogP) is 1.77. The first-order valence-corrected chi connectivity index (χ1v) is 7.96. The van der Waals surface area contributed by atoms with Crippen LogP contribution in [0, 0.1) is 5.92 Å². The van der Waals surface area contributed by atoms with Gasteiger partial charge in [0.2, 0.25) is 0 Å². The number of likely N-dealkylation sites (tertiary alicyclic amines) is 1. The fourth-order valence-corrected chi connectivity index (χ4v) is 4.86. The lowest BCUT2D eigenvalue weighted by atomic mass is 9.88. The van der Waals surface area contributed by atoms with E-state index < -0.39 is 0 Å². The zero-order valence-electron chi connectivity index (χ0n) is 11.4. The quantitative estimate of drug-likeness (QED) is 0.767. The maximum absolute atomic E-state index is 6.17. The third kappa shape index (κ3) is 1.91. The van der Waals surface area contributed by atoms with Crippen LogP contribution in [0.3, 0.4) is 0 Å². The van der Waals surface area contributed by atoms with E-state index in [1.54, 1.807) is 0 Å². The smallest absolute Gasteiger partial charge is 0.0697 e. The summed E-state index contributed by atoms with van der Waals surface area (Å²) in [4.78, 5) is 2.78. The highest BCUT2D eigenvalue weighted by Gasteiger charge is 2.45. The summed E-state index contributed by atoms with van der Waals surface area (Å²) in [7, 11) is 0. The molecule has 1 saturated carbocycles. The molecule has 3 nitrogen and oxygen atoms in total. The molecule has 4 aliphatic rings. The Morgan fingerprint density at radius 1 is 1.11 bits per heavy atom. The molecule has 3 heterocycles. The predicted molar refractivity (Wildman–Crippen MR) is 71.6 cm³/mol. The molecule has 3 atom stereocenters. The number of fused-ring (bicyclic) bond motifs is 1. The van der Waals surface area contributed by atoms with Gasteiger partial charge in [0, 0.05) is 31.8 Å². The Hall–Kier alpha value is -0.120. The molecule has 102 valence electrons. The van der Waals surface area contributed by atoms with Crippen LogP contribution in [0.15, 0.2) is 0 Å². The van der Waals surface area contributed by atoms with Gasteiger partial charge in [-0.2, -0.15) is 0 Å². The lowest BCUT2D eigenvalue weighted by Crippen LogP contribution is -2.47. The molecular weight excluding hydrogens is 224 g/mol. The van der Waals surface area contributed by atoms with Crippen LogP contribution in [0.1, 0.15) is 44.9 Å². The van der Waals surface area contributed by atoms with E-state index >= 15 is 0 Å². The average Bonchev–Trinajstić information content (AvgIpc) is 3.04. The summed E-state index contributed by atoms with van der Waals surface area (Å²) in [6.07, 6.45) is 9.40. The van der Waals surface area contributed by atoms with E-state index in [4.69, 9.17) is 4.74 Å². The highest BCUT2D eigenvalue weighted by molar-refractivity contribution is 5.00. The molecule has 0 aromatic heterocycles.